The molecule has 0 saturated heterocycles. The molecule has 21 heavy (non-hydrogen) atoms. The highest BCUT2D eigenvalue weighted by molar-refractivity contribution is 7.12. The van der Waals surface area contributed by atoms with Crippen molar-refractivity contribution in [2.24, 2.45) is 11.3 Å². The van der Waals surface area contributed by atoms with Crippen molar-refractivity contribution in [1.82, 2.24) is 10.3 Å². The van der Waals surface area contributed by atoms with E-state index in [2.05, 4.69) is 26.1 Å². The smallest absolute Gasteiger partial charge is 0.122 e. The second kappa shape index (κ2) is 5.98. The SMILES string of the molecule is CCCNC1CC(C)(C)Cc2nc(C(OC)C3CC3)sc21. The average molecular weight is 308 g/mol. The minimum Gasteiger partial charge on any atom is -0.374 e. The maximum atomic E-state index is 5.73. The topological polar surface area (TPSA) is 34.2 Å². The van der Waals surface area contributed by atoms with Gasteiger partial charge in [0, 0.05) is 18.0 Å². The highest BCUT2D eigenvalue weighted by atomic mass is 32.1. The van der Waals surface area contributed by atoms with Crippen LogP contribution in [0.25, 0.3) is 0 Å². The van der Waals surface area contributed by atoms with Gasteiger partial charge in [-0.1, -0.05) is 20.8 Å². The predicted molar refractivity (Wildman–Crippen MR) is 87.7 cm³/mol. The summed E-state index contributed by atoms with van der Waals surface area (Å²) in [5.74, 6) is 0.706. The van der Waals surface area contributed by atoms with Gasteiger partial charge in [0.2, 0.25) is 0 Å². The third-order valence-electron chi connectivity index (χ3n) is 4.65. The molecule has 1 N–H and O–H groups in total. The van der Waals surface area contributed by atoms with Crippen molar-refractivity contribution in [2.45, 2.75) is 65.0 Å². The van der Waals surface area contributed by atoms with Gasteiger partial charge in [-0.3, -0.25) is 0 Å². The Kier molecular flexibility index (Phi) is 4.40. The molecule has 1 aromatic rings. The van der Waals surface area contributed by atoms with E-state index < -0.39 is 0 Å². The van der Waals surface area contributed by atoms with E-state index in [9.17, 15) is 0 Å². The average Bonchev–Trinajstić information content (AvgIpc) is 3.16. The van der Waals surface area contributed by atoms with E-state index in [-0.39, 0.29) is 6.10 Å². The molecule has 2 aliphatic rings. The second-order valence-electron chi connectivity index (χ2n) is 7.41. The van der Waals surface area contributed by atoms with Gasteiger partial charge in [0.05, 0.1) is 5.69 Å². The van der Waals surface area contributed by atoms with Crippen LogP contribution in [0, 0.1) is 11.3 Å². The first-order chi connectivity index (χ1) is 10.0. The molecular formula is C17H28N2OS. The Morgan fingerprint density at radius 1 is 1.43 bits per heavy atom. The molecule has 0 aromatic carbocycles. The number of rotatable bonds is 6. The molecule has 0 aliphatic heterocycles. The Hall–Kier alpha value is -0.450. The zero-order valence-corrected chi connectivity index (χ0v) is 14.6. The molecule has 1 saturated carbocycles. The number of ether oxygens (including phenoxy) is 1. The monoisotopic (exact) mass is 308 g/mol. The number of methoxy groups -OCH3 is 1. The maximum absolute atomic E-state index is 5.73. The number of hydrogen-bond donors (Lipinski definition) is 1. The molecule has 2 unspecified atom stereocenters. The molecule has 2 aliphatic carbocycles. The number of fused-ring (bicyclic) bond motifs is 1. The first-order valence-electron chi connectivity index (χ1n) is 8.29. The van der Waals surface area contributed by atoms with E-state index in [1.54, 1.807) is 0 Å². The summed E-state index contributed by atoms with van der Waals surface area (Å²) in [4.78, 5) is 6.46. The van der Waals surface area contributed by atoms with E-state index in [0.717, 1.165) is 13.0 Å². The zero-order valence-electron chi connectivity index (χ0n) is 13.7. The van der Waals surface area contributed by atoms with Gasteiger partial charge in [-0.15, -0.1) is 11.3 Å². The lowest BCUT2D eigenvalue weighted by molar-refractivity contribution is 0.0841. The van der Waals surface area contributed by atoms with Crippen LogP contribution in [-0.2, 0) is 11.2 Å². The van der Waals surface area contributed by atoms with Gasteiger partial charge in [0.15, 0.2) is 0 Å². The quantitative estimate of drug-likeness (QED) is 0.853. The first-order valence-corrected chi connectivity index (χ1v) is 9.11. The molecule has 1 aromatic heterocycles. The van der Waals surface area contributed by atoms with Crippen LogP contribution in [0.2, 0.25) is 0 Å². The first kappa shape index (κ1) is 15.4. The lowest BCUT2D eigenvalue weighted by atomic mass is 9.76. The molecule has 0 spiro atoms. The van der Waals surface area contributed by atoms with Gasteiger partial charge in [-0.25, -0.2) is 4.98 Å². The third kappa shape index (κ3) is 3.33. The summed E-state index contributed by atoms with van der Waals surface area (Å²) in [7, 11) is 1.83. The molecule has 3 rings (SSSR count). The summed E-state index contributed by atoms with van der Waals surface area (Å²) in [6.45, 7) is 8.05. The Morgan fingerprint density at radius 3 is 2.81 bits per heavy atom. The lowest BCUT2D eigenvalue weighted by Crippen LogP contribution is -2.33. The van der Waals surface area contributed by atoms with E-state index in [1.807, 2.05) is 18.4 Å². The lowest BCUT2D eigenvalue weighted by Gasteiger charge is -2.34. The van der Waals surface area contributed by atoms with Crippen LogP contribution in [0.5, 0.6) is 0 Å². The van der Waals surface area contributed by atoms with E-state index >= 15 is 0 Å². The number of nitrogens with zero attached hydrogens (tertiary/aromatic N) is 1. The summed E-state index contributed by atoms with van der Waals surface area (Å²) >= 11 is 1.90. The minimum atomic E-state index is 0.232. The van der Waals surface area contributed by atoms with E-state index in [4.69, 9.17) is 9.72 Å². The largest absolute Gasteiger partial charge is 0.374 e. The molecule has 0 amide bonds. The second-order valence-corrected chi connectivity index (χ2v) is 8.47. The van der Waals surface area contributed by atoms with Crippen LogP contribution in [0.15, 0.2) is 0 Å². The zero-order chi connectivity index (χ0) is 15.0. The third-order valence-corrected chi connectivity index (χ3v) is 5.92. The number of hydrogen-bond acceptors (Lipinski definition) is 4. The van der Waals surface area contributed by atoms with E-state index in [1.165, 1.54) is 41.3 Å². The summed E-state index contributed by atoms with van der Waals surface area (Å²) < 4.78 is 5.73. The predicted octanol–water partition coefficient (Wildman–Crippen LogP) is 4.25. The minimum absolute atomic E-state index is 0.232. The van der Waals surface area contributed by atoms with Crippen LogP contribution in [0.3, 0.4) is 0 Å². The van der Waals surface area contributed by atoms with Crippen molar-refractivity contribution in [1.29, 1.82) is 0 Å². The maximum Gasteiger partial charge on any atom is 0.122 e. The molecular weight excluding hydrogens is 280 g/mol. The van der Waals surface area contributed by atoms with Gasteiger partial charge in [-0.05, 0) is 50.0 Å². The van der Waals surface area contributed by atoms with Crippen LogP contribution in [-0.4, -0.2) is 18.6 Å². The van der Waals surface area contributed by atoms with Gasteiger partial charge >= 0.3 is 0 Å². The Bertz CT molecular complexity index is 493. The van der Waals surface area contributed by atoms with Crippen molar-refractivity contribution >= 4 is 11.3 Å². The summed E-state index contributed by atoms with van der Waals surface area (Å²) in [6, 6.07) is 0.478. The fraction of sp³-hybridized carbons (Fsp3) is 0.824. The standard InChI is InChI=1S/C17H28N2OS/c1-5-8-18-12-9-17(2,3)10-13-15(12)21-16(19-13)14(20-4)11-6-7-11/h11-12,14,18H,5-10H2,1-4H3. The molecule has 1 fully saturated rings. The van der Waals surface area contributed by atoms with Crippen LogP contribution >= 0.6 is 11.3 Å². The van der Waals surface area contributed by atoms with Crippen LogP contribution in [0.4, 0.5) is 0 Å². The van der Waals surface area contributed by atoms with Crippen molar-refractivity contribution in [3.8, 4) is 0 Å². The summed E-state index contributed by atoms with van der Waals surface area (Å²) in [5.41, 5.74) is 1.66. The molecule has 0 bridgehead atoms. The highest BCUT2D eigenvalue weighted by Gasteiger charge is 2.39. The molecule has 2 atom stereocenters. The Labute approximate surface area is 132 Å². The van der Waals surface area contributed by atoms with Gasteiger partial charge in [0.25, 0.3) is 0 Å². The van der Waals surface area contributed by atoms with Gasteiger partial charge in [0.1, 0.15) is 11.1 Å². The van der Waals surface area contributed by atoms with Gasteiger partial charge in [-0.2, -0.15) is 0 Å². The van der Waals surface area contributed by atoms with E-state index in [0.29, 0.717) is 17.4 Å². The molecule has 1 heterocycles. The Morgan fingerprint density at radius 2 is 2.19 bits per heavy atom. The fourth-order valence-corrected chi connectivity index (χ4v) is 4.78. The van der Waals surface area contributed by atoms with Gasteiger partial charge < -0.3 is 10.1 Å². The normalized spacial score (nSPS) is 25.6. The molecule has 0 radical (unpaired) electrons. The van der Waals surface area contributed by atoms with Crippen molar-refractivity contribution < 1.29 is 4.74 Å². The fourth-order valence-electron chi connectivity index (χ4n) is 3.45. The highest BCUT2D eigenvalue weighted by Crippen LogP contribution is 2.48. The summed E-state index contributed by atoms with van der Waals surface area (Å²) in [6.07, 6.45) is 6.32. The molecule has 4 heteroatoms. The van der Waals surface area contributed by atoms with Crippen molar-refractivity contribution in [3.05, 3.63) is 15.6 Å². The van der Waals surface area contributed by atoms with Crippen LogP contribution in [0.1, 0.15) is 74.2 Å². The number of nitrogens with one attached hydrogen (secondary N) is 1. The molecule has 3 nitrogen and oxygen atoms in total. The Balaban J connectivity index is 1.87. The van der Waals surface area contributed by atoms with Crippen LogP contribution < -0.4 is 5.32 Å². The summed E-state index contributed by atoms with van der Waals surface area (Å²) in [5, 5.41) is 4.94. The van der Waals surface area contributed by atoms with Crippen molar-refractivity contribution in [3.63, 3.8) is 0 Å². The van der Waals surface area contributed by atoms with Crippen molar-refractivity contribution in [2.75, 3.05) is 13.7 Å². The number of thiazole rings is 1. The molecule has 118 valence electrons. The number of aromatic nitrogens is 1.